The van der Waals surface area contributed by atoms with E-state index in [1.807, 2.05) is 50.2 Å². The third-order valence-electron chi connectivity index (χ3n) is 4.77. The van der Waals surface area contributed by atoms with Crippen molar-refractivity contribution >= 4 is 17.7 Å². The predicted octanol–water partition coefficient (Wildman–Crippen LogP) is 4.66. The SMILES string of the molecule is COc1cccc(NC(=O)/C(C#N)=C\c2cc(C)n(-c3cccc(OC)c3)c2C)c1. The molecule has 0 saturated heterocycles. The van der Waals surface area contributed by atoms with Crippen LogP contribution in [-0.2, 0) is 4.79 Å². The van der Waals surface area contributed by atoms with Crippen molar-refractivity contribution in [2.24, 2.45) is 0 Å². The highest BCUT2D eigenvalue weighted by Gasteiger charge is 2.14. The van der Waals surface area contributed by atoms with E-state index in [2.05, 4.69) is 9.88 Å². The number of hydrogen-bond acceptors (Lipinski definition) is 4. The van der Waals surface area contributed by atoms with Gasteiger partial charge < -0.3 is 19.4 Å². The molecule has 2 aromatic carbocycles. The number of nitrogens with zero attached hydrogens (tertiary/aromatic N) is 2. The number of carbonyl (C=O) groups is 1. The van der Waals surface area contributed by atoms with Crippen LogP contribution in [0.15, 0.2) is 60.2 Å². The molecule has 0 atom stereocenters. The fraction of sp³-hybridized carbons (Fsp3) is 0.167. The van der Waals surface area contributed by atoms with Gasteiger partial charge in [0.2, 0.25) is 0 Å². The van der Waals surface area contributed by atoms with E-state index in [0.29, 0.717) is 11.4 Å². The molecule has 6 heteroatoms. The van der Waals surface area contributed by atoms with Gasteiger partial charge in [-0.25, -0.2) is 0 Å². The molecule has 0 fully saturated rings. The second-order valence-corrected chi connectivity index (χ2v) is 6.72. The molecule has 0 aliphatic rings. The Hall–Kier alpha value is -3.98. The molecule has 1 N–H and O–H groups in total. The van der Waals surface area contributed by atoms with Crippen molar-refractivity contribution < 1.29 is 14.3 Å². The Balaban J connectivity index is 1.92. The van der Waals surface area contributed by atoms with Crippen LogP contribution in [0.2, 0.25) is 0 Å². The first kappa shape index (κ1) is 20.7. The predicted molar refractivity (Wildman–Crippen MR) is 117 cm³/mol. The average molecular weight is 401 g/mol. The van der Waals surface area contributed by atoms with Crippen LogP contribution in [0.25, 0.3) is 11.8 Å². The van der Waals surface area contributed by atoms with Gasteiger partial charge in [-0.3, -0.25) is 4.79 Å². The van der Waals surface area contributed by atoms with E-state index in [0.717, 1.165) is 28.4 Å². The summed E-state index contributed by atoms with van der Waals surface area (Å²) in [5.41, 5.74) is 4.22. The Kier molecular flexibility index (Phi) is 6.23. The number of amides is 1. The zero-order valence-corrected chi connectivity index (χ0v) is 17.4. The lowest BCUT2D eigenvalue weighted by atomic mass is 10.1. The second-order valence-electron chi connectivity index (χ2n) is 6.72. The van der Waals surface area contributed by atoms with Crippen molar-refractivity contribution in [1.29, 1.82) is 5.26 Å². The summed E-state index contributed by atoms with van der Waals surface area (Å²) < 4.78 is 12.5. The Labute approximate surface area is 176 Å². The van der Waals surface area contributed by atoms with Gasteiger partial charge in [-0.15, -0.1) is 0 Å². The molecule has 152 valence electrons. The van der Waals surface area contributed by atoms with Crippen molar-refractivity contribution in [2.75, 3.05) is 19.5 Å². The van der Waals surface area contributed by atoms with Crippen LogP contribution in [-0.4, -0.2) is 24.7 Å². The molecule has 0 aliphatic carbocycles. The molecular weight excluding hydrogens is 378 g/mol. The van der Waals surface area contributed by atoms with Crippen LogP contribution < -0.4 is 14.8 Å². The molecule has 0 saturated carbocycles. The Morgan fingerprint density at radius 2 is 1.70 bits per heavy atom. The maximum atomic E-state index is 12.6. The number of benzene rings is 2. The fourth-order valence-corrected chi connectivity index (χ4v) is 3.28. The minimum atomic E-state index is -0.475. The molecule has 0 aliphatic heterocycles. The van der Waals surface area contributed by atoms with E-state index in [9.17, 15) is 10.1 Å². The molecular formula is C24H23N3O3. The van der Waals surface area contributed by atoms with Crippen LogP contribution in [0, 0.1) is 25.2 Å². The summed E-state index contributed by atoms with van der Waals surface area (Å²) in [5, 5.41) is 12.3. The number of anilines is 1. The smallest absolute Gasteiger partial charge is 0.266 e. The number of aromatic nitrogens is 1. The molecule has 0 spiro atoms. The number of methoxy groups -OCH3 is 2. The van der Waals surface area contributed by atoms with Crippen LogP contribution >= 0.6 is 0 Å². The van der Waals surface area contributed by atoms with Crippen LogP contribution in [0.5, 0.6) is 11.5 Å². The van der Waals surface area contributed by atoms with Gasteiger partial charge in [0.1, 0.15) is 23.1 Å². The summed E-state index contributed by atoms with van der Waals surface area (Å²) in [6.45, 7) is 3.93. The van der Waals surface area contributed by atoms with Gasteiger partial charge in [0.05, 0.1) is 14.2 Å². The minimum Gasteiger partial charge on any atom is -0.497 e. The van der Waals surface area contributed by atoms with E-state index >= 15 is 0 Å². The van der Waals surface area contributed by atoms with Gasteiger partial charge in [0.25, 0.3) is 5.91 Å². The Bertz CT molecular complexity index is 1150. The molecule has 30 heavy (non-hydrogen) atoms. The zero-order valence-electron chi connectivity index (χ0n) is 17.4. The molecule has 6 nitrogen and oxygen atoms in total. The number of carbonyl (C=O) groups excluding carboxylic acids is 1. The van der Waals surface area contributed by atoms with Crippen molar-refractivity contribution in [3.63, 3.8) is 0 Å². The number of nitrogens with one attached hydrogen (secondary N) is 1. The summed E-state index contributed by atoms with van der Waals surface area (Å²) >= 11 is 0. The molecule has 0 bridgehead atoms. The summed E-state index contributed by atoms with van der Waals surface area (Å²) in [6, 6.07) is 18.7. The monoisotopic (exact) mass is 401 g/mol. The van der Waals surface area contributed by atoms with Crippen molar-refractivity contribution in [3.05, 3.63) is 77.1 Å². The fourth-order valence-electron chi connectivity index (χ4n) is 3.28. The number of aryl methyl sites for hydroxylation is 1. The van der Waals surface area contributed by atoms with E-state index in [1.54, 1.807) is 44.6 Å². The first-order valence-corrected chi connectivity index (χ1v) is 9.37. The van der Waals surface area contributed by atoms with E-state index < -0.39 is 5.91 Å². The lowest BCUT2D eigenvalue weighted by Gasteiger charge is -2.11. The van der Waals surface area contributed by atoms with Gasteiger partial charge in [-0.2, -0.15) is 5.26 Å². The number of ether oxygens (including phenoxy) is 2. The highest BCUT2D eigenvalue weighted by molar-refractivity contribution is 6.09. The minimum absolute atomic E-state index is 0.0173. The van der Waals surface area contributed by atoms with E-state index in [-0.39, 0.29) is 5.57 Å². The van der Waals surface area contributed by atoms with Crippen LogP contribution in [0.3, 0.4) is 0 Å². The molecule has 1 aromatic heterocycles. The quantitative estimate of drug-likeness (QED) is 0.482. The normalized spacial score (nSPS) is 11.0. The third-order valence-corrected chi connectivity index (χ3v) is 4.77. The van der Waals surface area contributed by atoms with Gasteiger partial charge in [0, 0.05) is 34.9 Å². The Morgan fingerprint density at radius 3 is 2.37 bits per heavy atom. The number of rotatable bonds is 6. The molecule has 0 unspecified atom stereocenters. The summed E-state index contributed by atoms with van der Waals surface area (Å²) in [6.07, 6.45) is 1.61. The zero-order chi connectivity index (χ0) is 21.7. The summed E-state index contributed by atoms with van der Waals surface area (Å²) in [5.74, 6) is 0.904. The van der Waals surface area contributed by atoms with Crippen molar-refractivity contribution in [1.82, 2.24) is 4.57 Å². The highest BCUT2D eigenvalue weighted by atomic mass is 16.5. The standard InChI is InChI=1S/C24H23N3O3/c1-16-11-18(17(2)27(16)21-8-6-10-23(14-21)30-4)12-19(15-25)24(28)26-20-7-5-9-22(13-20)29-3/h5-14H,1-4H3,(H,26,28)/b19-12-. The van der Waals surface area contributed by atoms with Gasteiger partial charge in [-0.1, -0.05) is 12.1 Å². The summed E-state index contributed by atoms with van der Waals surface area (Å²) in [7, 11) is 3.18. The second kappa shape index (κ2) is 9.01. The maximum absolute atomic E-state index is 12.6. The highest BCUT2D eigenvalue weighted by Crippen LogP contribution is 2.25. The largest absolute Gasteiger partial charge is 0.497 e. The topological polar surface area (TPSA) is 76.3 Å². The third kappa shape index (κ3) is 4.36. The molecule has 3 rings (SSSR count). The van der Waals surface area contributed by atoms with Crippen LogP contribution in [0.1, 0.15) is 17.0 Å². The Morgan fingerprint density at radius 1 is 1.03 bits per heavy atom. The lowest BCUT2D eigenvalue weighted by Crippen LogP contribution is -2.13. The molecule has 1 heterocycles. The first-order chi connectivity index (χ1) is 14.5. The summed E-state index contributed by atoms with van der Waals surface area (Å²) in [4.78, 5) is 12.6. The number of hydrogen-bond donors (Lipinski definition) is 1. The molecule has 3 aromatic rings. The van der Waals surface area contributed by atoms with Gasteiger partial charge >= 0.3 is 0 Å². The van der Waals surface area contributed by atoms with Crippen molar-refractivity contribution in [3.8, 4) is 23.3 Å². The number of nitriles is 1. The lowest BCUT2D eigenvalue weighted by molar-refractivity contribution is -0.112. The van der Waals surface area contributed by atoms with Gasteiger partial charge in [-0.05, 0) is 55.8 Å². The van der Waals surface area contributed by atoms with Gasteiger partial charge in [0.15, 0.2) is 0 Å². The molecule has 1 amide bonds. The first-order valence-electron chi connectivity index (χ1n) is 9.37. The maximum Gasteiger partial charge on any atom is 0.266 e. The van der Waals surface area contributed by atoms with Crippen molar-refractivity contribution in [2.45, 2.75) is 13.8 Å². The molecule has 0 radical (unpaired) electrons. The van der Waals surface area contributed by atoms with Crippen LogP contribution in [0.4, 0.5) is 5.69 Å². The van der Waals surface area contributed by atoms with E-state index in [1.165, 1.54) is 0 Å². The van der Waals surface area contributed by atoms with E-state index in [4.69, 9.17) is 9.47 Å². The average Bonchev–Trinajstić information content (AvgIpc) is 3.04.